The van der Waals surface area contributed by atoms with Gasteiger partial charge in [0, 0.05) is 23.5 Å². The van der Waals surface area contributed by atoms with Crippen molar-refractivity contribution < 1.29 is 9.37 Å². The van der Waals surface area contributed by atoms with Gasteiger partial charge < -0.3 is 9.88 Å². The number of nitrogens with one attached hydrogen (secondary N) is 1. The van der Waals surface area contributed by atoms with Crippen LogP contribution in [0.1, 0.15) is 25.1 Å². The number of imidazole rings is 1. The van der Waals surface area contributed by atoms with Gasteiger partial charge in [0.2, 0.25) is 5.78 Å². The fraction of sp³-hybridized carbons (Fsp3) is 0.438. The molecule has 1 aromatic heterocycles. The van der Waals surface area contributed by atoms with Gasteiger partial charge >= 0.3 is 0 Å². The number of likely N-dealkylation sites (N-methyl/N-ethyl adjacent to an activating group) is 1. The minimum Gasteiger partial charge on any atom is -0.323 e. The Morgan fingerprint density at radius 3 is 2.95 bits per heavy atom. The van der Waals surface area contributed by atoms with Crippen LogP contribution in [0.3, 0.4) is 0 Å². The molecule has 0 saturated carbocycles. The second kappa shape index (κ2) is 4.77. The summed E-state index contributed by atoms with van der Waals surface area (Å²) in [5, 5.41) is 3.40. The second-order valence-corrected chi connectivity index (χ2v) is 5.86. The van der Waals surface area contributed by atoms with E-state index in [1.807, 2.05) is 22.4 Å². The summed E-state index contributed by atoms with van der Waals surface area (Å²) in [4.78, 5) is 17.2. The molecule has 0 bridgehead atoms. The zero-order valence-electron chi connectivity index (χ0n) is 12.2. The maximum Gasteiger partial charge on any atom is 0.254 e. The SMILES string of the molecule is C[N+]1=CCC2=C1C(=O)Cn1ccnc1C2=C1CCNCC1. The first kappa shape index (κ1) is 12.7. The molecule has 0 aromatic carbocycles. The topological polar surface area (TPSA) is 49.9 Å². The maximum absolute atomic E-state index is 12.6. The van der Waals surface area contributed by atoms with Crippen molar-refractivity contribution in [2.24, 2.45) is 0 Å². The molecule has 3 aliphatic rings. The Bertz CT molecular complexity index is 712. The van der Waals surface area contributed by atoms with Gasteiger partial charge in [0.1, 0.15) is 19.1 Å². The van der Waals surface area contributed by atoms with Gasteiger partial charge in [-0.2, -0.15) is 0 Å². The molecule has 0 atom stereocenters. The summed E-state index contributed by atoms with van der Waals surface area (Å²) >= 11 is 0. The molecule has 5 nitrogen and oxygen atoms in total. The fourth-order valence-electron chi connectivity index (χ4n) is 3.59. The molecular formula is C16H19N4O+. The minimum absolute atomic E-state index is 0.185. The van der Waals surface area contributed by atoms with E-state index in [2.05, 4.69) is 16.5 Å². The number of carbonyl (C=O) groups is 1. The summed E-state index contributed by atoms with van der Waals surface area (Å²) in [6, 6.07) is 0. The molecule has 0 unspecified atom stereocenters. The summed E-state index contributed by atoms with van der Waals surface area (Å²) in [7, 11) is 1.97. The van der Waals surface area contributed by atoms with Crippen LogP contribution in [0.25, 0.3) is 5.57 Å². The van der Waals surface area contributed by atoms with Gasteiger partial charge in [0.25, 0.3) is 5.70 Å². The number of nitrogens with zero attached hydrogens (tertiary/aromatic N) is 3. The first-order valence-electron chi connectivity index (χ1n) is 7.53. The van der Waals surface area contributed by atoms with E-state index < -0.39 is 0 Å². The van der Waals surface area contributed by atoms with Crippen molar-refractivity contribution in [3.05, 3.63) is 35.1 Å². The van der Waals surface area contributed by atoms with Crippen LogP contribution in [0, 0.1) is 0 Å². The molecular weight excluding hydrogens is 264 g/mol. The Morgan fingerprint density at radius 1 is 1.33 bits per heavy atom. The lowest BCUT2D eigenvalue weighted by Gasteiger charge is -2.20. The Labute approximate surface area is 123 Å². The van der Waals surface area contributed by atoms with Crippen molar-refractivity contribution in [1.82, 2.24) is 14.9 Å². The van der Waals surface area contributed by atoms with Crippen LogP contribution in [0.2, 0.25) is 0 Å². The third kappa shape index (κ3) is 1.92. The van der Waals surface area contributed by atoms with E-state index in [9.17, 15) is 4.79 Å². The molecule has 0 amide bonds. The van der Waals surface area contributed by atoms with E-state index in [1.165, 1.54) is 16.7 Å². The summed E-state index contributed by atoms with van der Waals surface area (Å²) in [6.45, 7) is 2.41. The van der Waals surface area contributed by atoms with Crippen LogP contribution in [0.15, 0.2) is 29.2 Å². The molecule has 21 heavy (non-hydrogen) atoms. The van der Waals surface area contributed by atoms with E-state index in [-0.39, 0.29) is 5.78 Å². The first-order valence-corrected chi connectivity index (χ1v) is 7.53. The Hall–Kier alpha value is -2.01. The van der Waals surface area contributed by atoms with Crippen LogP contribution in [-0.4, -0.2) is 46.3 Å². The predicted octanol–water partition coefficient (Wildman–Crippen LogP) is 0.974. The molecule has 1 aromatic rings. The zero-order chi connectivity index (χ0) is 14.4. The highest BCUT2D eigenvalue weighted by molar-refractivity contribution is 6.02. The van der Waals surface area contributed by atoms with Gasteiger partial charge in [-0.05, 0) is 25.9 Å². The van der Waals surface area contributed by atoms with E-state index in [1.54, 1.807) is 6.20 Å². The molecule has 108 valence electrons. The third-order valence-electron chi connectivity index (χ3n) is 4.59. The summed E-state index contributed by atoms with van der Waals surface area (Å²) in [5.41, 5.74) is 4.70. The first-order chi connectivity index (χ1) is 10.3. The third-order valence-corrected chi connectivity index (χ3v) is 4.59. The van der Waals surface area contributed by atoms with Crippen LogP contribution in [-0.2, 0) is 11.3 Å². The van der Waals surface area contributed by atoms with Crippen LogP contribution in [0.5, 0.6) is 0 Å². The Morgan fingerprint density at radius 2 is 2.14 bits per heavy atom. The second-order valence-electron chi connectivity index (χ2n) is 5.86. The molecule has 3 aliphatic heterocycles. The lowest BCUT2D eigenvalue weighted by molar-refractivity contribution is -0.429. The molecule has 5 heteroatoms. The Kier molecular flexibility index (Phi) is 2.89. The quantitative estimate of drug-likeness (QED) is 0.722. The summed E-state index contributed by atoms with van der Waals surface area (Å²) in [6.07, 6.45) is 8.73. The number of hydrogen-bond donors (Lipinski definition) is 1. The predicted molar refractivity (Wildman–Crippen MR) is 80.1 cm³/mol. The number of Topliss-reactive ketones (excluding diaryl/α,β-unsaturated/α-hetero) is 1. The average molecular weight is 283 g/mol. The molecule has 4 rings (SSSR count). The van der Waals surface area contributed by atoms with Crippen molar-refractivity contribution in [1.29, 1.82) is 0 Å². The molecule has 1 fully saturated rings. The number of piperidine rings is 1. The highest BCUT2D eigenvalue weighted by atomic mass is 16.1. The van der Waals surface area contributed by atoms with Crippen molar-refractivity contribution in [3.8, 4) is 0 Å². The van der Waals surface area contributed by atoms with Crippen molar-refractivity contribution in [3.63, 3.8) is 0 Å². The van der Waals surface area contributed by atoms with Crippen molar-refractivity contribution in [2.75, 3.05) is 20.1 Å². The number of ketones is 1. The zero-order valence-corrected chi connectivity index (χ0v) is 12.2. The van der Waals surface area contributed by atoms with E-state index in [0.29, 0.717) is 6.54 Å². The monoisotopic (exact) mass is 283 g/mol. The van der Waals surface area contributed by atoms with Crippen molar-refractivity contribution >= 4 is 17.6 Å². The molecule has 1 saturated heterocycles. The number of carbonyl (C=O) groups excluding carboxylic acids is 1. The van der Waals surface area contributed by atoms with E-state index in [4.69, 9.17) is 0 Å². The van der Waals surface area contributed by atoms with Gasteiger partial charge in [0.05, 0.1) is 13.0 Å². The summed E-state index contributed by atoms with van der Waals surface area (Å²) < 4.78 is 3.99. The highest BCUT2D eigenvalue weighted by Gasteiger charge is 2.37. The fourth-order valence-corrected chi connectivity index (χ4v) is 3.59. The van der Waals surface area contributed by atoms with Crippen molar-refractivity contribution in [2.45, 2.75) is 25.8 Å². The summed E-state index contributed by atoms with van der Waals surface area (Å²) in [5.74, 6) is 1.15. The minimum atomic E-state index is 0.185. The molecule has 4 heterocycles. The molecule has 0 radical (unpaired) electrons. The standard InChI is InChI=1S/C16H19N4O/c1-19-8-4-12-14(11-2-5-17-6-3-11)16-18-7-9-20(16)10-13(21)15(12)19/h7-9,17H,2-6,10H2,1H3/q+1. The average Bonchev–Trinajstić information content (AvgIpc) is 3.06. The number of aromatic nitrogens is 2. The van der Waals surface area contributed by atoms with Gasteiger partial charge in [0.15, 0.2) is 0 Å². The highest BCUT2D eigenvalue weighted by Crippen LogP contribution is 2.37. The molecule has 0 aliphatic carbocycles. The Balaban J connectivity index is 1.96. The smallest absolute Gasteiger partial charge is 0.254 e. The lowest BCUT2D eigenvalue weighted by atomic mass is 9.91. The number of allylic oxidation sites excluding steroid dienone is 3. The largest absolute Gasteiger partial charge is 0.323 e. The molecule has 1 N–H and O–H groups in total. The van der Waals surface area contributed by atoms with Gasteiger partial charge in [-0.3, -0.25) is 4.79 Å². The molecule has 0 spiro atoms. The van der Waals surface area contributed by atoms with Gasteiger partial charge in [-0.1, -0.05) is 5.57 Å². The maximum atomic E-state index is 12.6. The van der Waals surface area contributed by atoms with Crippen LogP contribution < -0.4 is 5.32 Å². The van der Waals surface area contributed by atoms with E-state index in [0.717, 1.165) is 43.9 Å². The normalized spacial score (nSPS) is 22.1. The van der Waals surface area contributed by atoms with E-state index >= 15 is 0 Å². The van der Waals surface area contributed by atoms with Gasteiger partial charge in [-0.15, -0.1) is 0 Å². The number of rotatable bonds is 0. The van der Waals surface area contributed by atoms with Gasteiger partial charge in [-0.25, -0.2) is 9.56 Å². The number of hydrogen-bond acceptors (Lipinski definition) is 3. The lowest BCUT2D eigenvalue weighted by Crippen LogP contribution is -2.24. The van der Waals surface area contributed by atoms with Crippen LogP contribution >= 0.6 is 0 Å². The number of fused-ring (bicyclic) bond motifs is 1. The van der Waals surface area contributed by atoms with Crippen LogP contribution in [0.4, 0.5) is 0 Å².